The first-order valence-electron chi connectivity index (χ1n) is 5.82. The van der Waals surface area contributed by atoms with Gasteiger partial charge in [-0.1, -0.05) is 0 Å². The van der Waals surface area contributed by atoms with E-state index in [0.29, 0.717) is 11.6 Å². The molecule has 0 spiro atoms. The van der Waals surface area contributed by atoms with Gasteiger partial charge >= 0.3 is 0 Å². The highest BCUT2D eigenvalue weighted by atomic mass is 16.5. The molecular formula is C13H11N3O4. The summed E-state index contributed by atoms with van der Waals surface area (Å²) in [7, 11) is 2.90. The van der Waals surface area contributed by atoms with E-state index < -0.39 is 11.8 Å². The van der Waals surface area contributed by atoms with Gasteiger partial charge in [-0.25, -0.2) is 4.90 Å². The smallest absolute Gasteiger partial charge is 0.271 e. The maximum absolute atomic E-state index is 12.5. The van der Waals surface area contributed by atoms with Crippen molar-refractivity contribution >= 4 is 17.6 Å². The van der Waals surface area contributed by atoms with Crippen LogP contribution in [0.15, 0.2) is 24.4 Å². The number of aromatic amines is 1. The van der Waals surface area contributed by atoms with Gasteiger partial charge in [0, 0.05) is 6.07 Å². The predicted molar refractivity (Wildman–Crippen MR) is 69.3 cm³/mol. The van der Waals surface area contributed by atoms with E-state index in [2.05, 4.69) is 10.2 Å². The number of fused-ring (bicyclic) bond motifs is 1. The molecule has 1 aromatic heterocycles. The number of carbonyl (C=O) groups is 2. The maximum Gasteiger partial charge on any atom is 0.271 e. The number of nitrogens with zero attached hydrogens (tertiary/aromatic N) is 2. The van der Waals surface area contributed by atoms with E-state index in [1.807, 2.05) is 0 Å². The van der Waals surface area contributed by atoms with E-state index >= 15 is 0 Å². The number of aromatic nitrogens is 2. The van der Waals surface area contributed by atoms with Crippen LogP contribution in [-0.2, 0) is 0 Å². The van der Waals surface area contributed by atoms with Gasteiger partial charge in [0.15, 0.2) is 11.5 Å². The largest absolute Gasteiger partial charge is 0.493 e. The molecule has 0 saturated carbocycles. The zero-order valence-electron chi connectivity index (χ0n) is 10.8. The Balaban J connectivity index is 2.19. The zero-order chi connectivity index (χ0) is 14.3. The van der Waals surface area contributed by atoms with Gasteiger partial charge in [-0.15, -0.1) is 0 Å². The van der Waals surface area contributed by atoms with Crippen LogP contribution >= 0.6 is 0 Å². The molecule has 0 fully saturated rings. The van der Waals surface area contributed by atoms with Crippen molar-refractivity contribution < 1.29 is 19.1 Å². The second kappa shape index (κ2) is 4.37. The normalized spacial score (nSPS) is 13.6. The first-order valence-corrected chi connectivity index (χ1v) is 5.82. The monoisotopic (exact) mass is 273 g/mol. The second-order valence-corrected chi connectivity index (χ2v) is 4.11. The molecule has 0 unspecified atom stereocenters. The average Bonchev–Trinajstić information content (AvgIpc) is 3.06. The Morgan fingerprint density at radius 3 is 2.50 bits per heavy atom. The Bertz CT molecular complexity index is 694. The second-order valence-electron chi connectivity index (χ2n) is 4.11. The first-order chi connectivity index (χ1) is 9.69. The molecule has 3 rings (SSSR count). The number of nitrogens with one attached hydrogen (secondary N) is 1. The van der Waals surface area contributed by atoms with Gasteiger partial charge in [0.05, 0.1) is 31.5 Å². The number of ether oxygens (including phenoxy) is 2. The van der Waals surface area contributed by atoms with Crippen molar-refractivity contribution in [2.24, 2.45) is 0 Å². The highest BCUT2D eigenvalue weighted by Crippen LogP contribution is 2.39. The number of hydrogen-bond acceptors (Lipinski definition) is 5. The van der Waals surface area contributed by atoms with Crippen molar-refractivity contribution in [3.63, 3.8) is 0 Å². The molecule has 2 aromatic rings. The lowest BCUT2D eigenvalue weighted by Crippen LogP contribution is -2.29. The van der Waals surface area contributed by atoms with Gasteiger partial charge in [-0.3, -0.25) is 14.7 Å². The molecule has 0 radical (unpaired) electrons. The summed E-state index contributed by atoms with van der Waals surface area (Å²) in [6.07, 6.45) is 1.47. The molecule has 1 aromatic carbocycles. The first kappa shape index (κ1) is 12.2. The highest BCUT2D eigenvalue weighted by molar-refractivity contribution is 6.35. The SMILES string of the molecule is COc1ccc2c(c1OC)C(=O)N(c1ccn[nH]1)C2=O. The number of amides is 2. The van der Waals surface area contributed by atoms with E-state index in [0.717, 1.165) is 4.90 Å². The van der Waals surface area contributed by atoms with E-state index in [1.54, 1.807) is 18.2 Å². The van der Waals surface area contributed by atoms with Gasteiger partial charge in [0.25, 0.3) is 11.8 Å². The van der Waals surface area contributed by atoms with Gasteiger partial charge in [0.2, 0.25) is 0 Å². The molecule has 7 nitrogen and oxygen atoms in total. The third kappa shape index (κ3) is 1.49. The van der Waals surface area contributed by atoms with Crippen molar-refractivity contribution in [2.75, 3.05) is 19.1 Å². The fourth-order valence-electron chi connectivity index (χ4n) is 2.23. The molecular weight excluding hydrogens is 262 g/mol. The Labute approximate surface area is 114 Å². The summed E-state index contributed by atoms with van der Waals surface area (Å²) in [5.41, 5.74) is 0.480. The predicted octanol–water partition coefficient (Wildman–Crippen LogP) is 1.23. The minimum Gasteiger partial charge on any atom is -0.493 e. The van der Waals surface area contributed by atoms with Crippen LogP contribution < -0.4 is 14.4 Å². The summed E-state index contributed by atoms with van der Waals surface area (Å²) in [6, 6.07) is 4.69. The summed E-state index contributed by atoms with van der Waals surface area (Å²) in [5.74, 6) is 0.0849. The molecule has 2 heterocycles. The number of methoxy groups -OCH3 is 2. The quantitative estimate of drug-likeness (QED) is 0.850. The number of carbonyl (C=O) groups excluding carboxylic acids is 2. The number of imide groups is 1. The summed E-state index contributed by atoms with van der Waals surface area (Å²) in [5, 5.41) is 6.35. The summed E-state index contributed by atoms with van der Waals surface area (Å²) < 4.78 is 10.4. The fraction of sp³-hybridized carbons (Fsp3) is 0.154. The molecule has 0 atom stereocenters. The van der Waals surface area contributed by atoms with Crippen LogP contribution in [0, 0.1) is 0 Å². The Hall–Kier alpha value is -2.83. The molecule has 0 bridgehead atoms. The van der Waals surface area contributed by atoms with Crippen molar-refractivity contribution in [1.29, 1.82) is 0 Å². The lowest BCUT2D eigenvalue weighted by Gasteiger charge is -2.11. The van der Waals surface area contributed by atoms with Gasteiger partial charge in [-0.2, -0.15) is 5.10 Å². The van der Waals surface area contributed by atoms with Crippen molar-refractivity contribution in [2.45, 2.75) is 0 Å². The van der Waals surface area contributed by atoms with Crippen LogP contribution in [0.1, 0.15) is 20.7 Å². The van der Waals surface area contributed by atoms with Gasteiger partial charge in [0.1, 0.15) is 5.82 Å². The van der Waals surface area contributed by atoms with Crippen LogP contribution in [0.2, 0.25) is 0 Å². The zero-order valence-corrected chi connectivity index (χ0v) is 10.8. The minimum absolute atomic E-state index is 0.200. The lowest BCUT2D eigenvalue weighted by molar-refractivity contribution is 0.0924. The van der Waals surface area contributed by atoms with E-state index in [1.165, 1.54) is 20.4 Å². The number of H-pyrrole nitrogens is 1. The van der Waals surface area contributed by atoms with Crippen molar-refractivity contribution in [3.05, 3.63) is 35.5 Å². The number of hydrogen-bond donors (Lipinski definition) is 1. The summed E-state index contributed by atoms with van der Waals surface area (Å²) >= 11 is 0. The van der Waals surface area contributed by atoms with Crippen LogP contribution in [0.3, 0.4) is 0 Å². The standard InChI is InChI=1S/C13H11N3O4/c1-19-8-4-3-7-10(11(8)20-2)13(18)16(12(7)17)9-5-6-14-15-9/h3-6H,1-2H3,(H,14,15). The number of rotatable bonds is 3. The van der Waals surface area contributed by atoms with E-state index in [4.69, 9.17) is 9.47 Å². The van der Waals surface area contributed by atoms with Gasteiger partial charge < -0.3 is 9.47 Å². The van der Waals surface area contributed by atoms with Crippen molar-refractivity contribution in [1.82, 2.24) is 10.2 Å². The Morgan fingerprint density at radius 2 is 1.90 bits per heavy atom. The van der Waals surface area contributed by atoms with Crippen LogP contribution in [0.5, 0.6) is 11.5 Å². The summed E-state index contributed by atoms with van der Waals surface area (Å²) in [6.45, 7) is 0. The minimum atomic E-state index is -0.468. The van der Waals surface area contributed by atoms with E-state index in [-0.39, 0.29) is 16.9 Å². The molecule has 1 N–H and O–H groups in total. The lowest BCUT2D eigenvalue weighted by atomic mass is 10.1. The molecule has 7 heteroatoms. The van der Waals surface area contributed by atoms with Crippen molar-refractivity contribution in [3.8, 4) is 11.5 Å². The number of anilines is 1. The molecule has 0 aliphatic carbocycles. The van der Waals surface area contributed by atoms with Crippen LogP contribution in [0.25, 0.3) is 0 Å². The maximum atomic E-state index is 12.5. The third-order valence-electron chi connectivity index (χ3n) is 3.12. The highest BCUT2D eigenvalue weighted by Gasteiger charge is 2.41. The molecule has 1 aliphatic rings. The van der Waals surface area contributed by atoms with Crippen LogP contribution in [-0.4, -0.2) is 36.2 Å². The topological polar surface area (TPSA) is 84.5 Å². The third-order valence-corrected chi connectivity index (χ3v) is 3.12. The van der Waals surface area contributed by atoms with Crippen LogP contribution in [0.4, 0.5) is 5.82 Å². The van der Waals surface area contributed by atoms with Gasteiger partial charge in [-0.05, 0) is 12.1 Å². The molecule has 2 amide bonds. The molecule has 20 heavy (non-hydrogen) atoms. The summed E-state index contributed by atoms with van der Waals surface area (Å²) in [4.78, 5) is 25.8. The Kier molecular flexibility index (Phi) is 2.67. The average molecular weight is 273 g/mol. The fourth-order valence-corrected chi connectivity index (χ4v) is 2.23. The molecule has 102 valence electrons. The Morgan fingerprint density at radius 1 is 1.10 bits per heavy atom. The molecule has 1 aliphatic heterocycles. The number of benzene rings is 1. The molecule has 0 saturated heterocycles. The van der Waals surface area contributed by atoms with E-state index in [9.17, 15) is 9.59 Å².